The average Bonchev–Trinajstić information content (AvgIpc) is 3.54. The minimum atomic E-state index is -0.544. The Balaban J connectivity index is 1.46. The molecule has 0 aliphatic carbocycles. The largest absolute Gasteiger partial charge is 0.377 e. The van der Waals surface area contributed by atoms with Crippen LogP contribution in [0, 0.1) is 10.1 Å². The fourth-order valence-electron chi connectivity index (χ4n) is 5.17. The quantitative estimate of drug-likeness (QED) is 0.315. The van der Waals surface area contributed by atoms with Crippen molar-refractivity contribution in [3.8, 4) is 0 Å². The number of nitrogens with zero attached hydrogens (tertiary/aromatic N) is 6. The van der Waals surface area contributed by atoms with Gasteiger partial charge in [0.25, 0.3) is 17.5 Å². The summed E-state index contributed by atoms with van der Waals surface area (Å²) in [6.45, 7) is 4.85. The van der Waals surface area contributed by atoms with Gasteiger partial charge in [0.1, 0.15) is 16.7 Å². The smallest absolute Gasteiger partial charge is 0.294 e. The second kappa shape index (κ2) is 10.8. The van der Waals surface area contributed by atoms with Crippen LogP contribution in [0.25, 0.3) is 11.0 Å². The molecule has 2 amide bonds. The van der Waals surface area contributed by atoms with E-state index in [1.54, 1.807) is 15.9 Å². The van der Waals surface area contributed by atoms with Gasteiger partial charge in [0.2, 0.25) is 0 Å². The van der Waals surface area contributed by atoms with Crippen LogP contribution < -0.4 is 5.32 Å². The van der Waals surface area contributed by atoms with Gasteiger partial charge in [-0.1, -0.05) is 15.9 Å². The Kier molecular flexibility index (Phi) is 7.46. The number of rotatable bonds is 6. The van der Waals surface area contributed by atoms with Crippen LogP contribution >= 0.6 is 15.9 Å². The highest BCUT2D eigenvalue weighted by molar-refractivity contribution is 9.10. The highest BCUT2D eigenvalue weighted by Crippen LogP contribution is 2.36. The van der Waals surface area contributed by atoms with E-state index in [4.69, 9.17) is 9.47 Å². The van der Waals surface area contributed by atoms with Crippen LogP contribution in [-0.4, -0.2) is 105 Å². The highest BCUT2D eigenvalue weighted by Gasteiger charge is 2.39. The summed E-state index contributed by atoms with van der Waals surface area (Å²) in [7, 11) is 1.51. The number of likely N-dealkylation sites (tertiary alicyclic amines) is 1. The number of nitrogens with one attached hydrogen (secondary N) is 2. The molecule has 1 aromatic carbocycles. The number of aromatic amines is 1. The van der Waals surface area contributed by atoms with Gasteiger partial charge in [-0.05, 0) is 19.9 Å². The van der Waals surface area contributed by atoms with E-state index in [2.05, 4.69) is 41.6 Å². The summed E-state index contributed by atoms with van der Waals surface area (Å²) in [6.07, 6.45) is 2.08. The molecule has 14 nitrogen and oxygen atoms in total. The van der Waals surface area contributed by atoms with Crippen molar-refractivity contribution in [1.82, 2.24) is 30.2 Å². The SMILES string of the molecule is CO[C@H]1CN(C(=O)c2cncc3n[nH]nc23)C[C@@H]1Nc1c(C(=O)N2C[C@@H](C)O[C@@H](C)C2)cc(Br)cc1[N+](=O)[O-]. The van der Waals surface area contributed by atoms with E-state index in [1.165, 1.54) is 25.6 Å². The second-order valence-electron chi connectivity index (χ2n) is 9.69. The Morgan fingerprint density at radius 2 is 1.79 bits per heavy atom. The number of carbonyl (C=O) groups is 2. The van der Waals surface area contributed by atoms with Crippen LogP contribution in [0.5, 0.6) is 0 Å². The Labute approximate surface area is 231 Å². The molecule has 39 heavy (non-hydrogen) atoms. The van der Waals surface area contributed by atoms with Gasteiger partial charge in [-0.25, -0.2) is 0 Å². The van der Waals surface area contributed by atoms with Gasteiger partial charge in [0, 0.05) is 50.0 Å². The van der Waals surface area contributed by atoms with Crippen LogP contribution in [0.4, 0.5) is 11.4 Å². The molecule has 0 saturated carbocycles. The molecule has 0 spiro atoms. The third-order valence-electron chi connectivity index (χ3n) is 6.86. The van der Waals surface area contributed by atoms with E-state index in [0.29, 0.717) is 28.6 Å². The van der Waals surface area contributed by atoms with Gasteiger partial charge in [-0.2, -0.15) is 15.4 Å². The number of amides is 2. The van der Waals surface area contributed by atoms with Crippen molar-refractivity contribution in [2.75, 3.05) is 38.6 Å². The van der Waals surface area contributed by atoms with Gasteiger partial charge in [-0.15, -0.1) is 0 Å². The van der Waals surface area contributed by atoms with Crippen molar-refractivity contribution in [2.45, 2.75) is 38.2 Å². The molecule has 206 valence electrons. The van der Waals surface area contributed by atoms with Gasteiger partial charge in [-0.3, -0.25) is 24.7 Å². The molecular formula is C24H27BrN8O6. The number of fused-ring (bicyclic) bond motifs is 1. The Hall–Kier alpha value is -3.69. The van der Waals surface area contributed by atoms with Crippen LogP contribution in [0.2, 0.25) is 0 Å². The summed E-state index contributed by atoms with van der Waals surface area (Å²) in [4.78, 5) is 45.9. The van der Waals surface area contributed by atoms with Crippen molar-refractivity contribution in [3.05, 3.63) is 50.2 Å². The van der Waals surface area contributed by atoms with Crippen LogP contribution in [-0.2, 0) is 9.47 Å². The summed E-state index contributed by atoms with van der Waals surface area (Å²) in [5.41, 5.74) is 1.08. The number of hydrogen-bond acceptors (Lipinski definition) is 10. The Morgan fingerprint density at radius 3 is 2.49 bits per heavy atom. The van der Waals surface area contributed by atoms with E-state index in [0.717, 1.165) is 0 Å². The van der Waals surface area contributed by atoms with Crippen molar-refractivity contribution in [1.29, 1.82) is 0 Å². The number of methoxy groups -OCH3 is 1. The number of pyridine rings is 1. The number of nitro groups is 1. The predicted molar refractivity (Wildman–Crippen MR) is 143 cm³/mol. The van der Waals surface area contributed by atoms with Crippen molar-refractivity contribution < 1.29 is 24.0 Å². The molecule has 5 rings (SSSR count). The number of carbonyl (C=O) groups excluding carboxylic acids is 2. The summed E-state index contributed by atoms with van der Waals surface area (Å²) < 4.78 is 11.8. The van der Waals surface area contributed by atoms with Crippen LogP contribution in [0.15, 0.2) is 29.0 Å². The van der Waals surface area contributed by atoms with Crippen molar-refractivity contribution in [2.24, 2.45) is 0 Å². The third-order valence-corrected chi connectivity index (χ3v) is 7.32. The molecule has 2 aromatic heterocycles. The fourth-order valence-corrected chi connectivity index (χ4v) is 5.62. The minimum Gasteiger partial charge on any atom is -0.377 e. The van der Waals surface area contributed by atoms with E-state index in [1.807, 2.05) is 13.8 Å². The van der Waals surface area contributed by atoms with E-state index < -0.39 is 17.1 Å². The zero-order valence-electron chi connectivity index (χ0n) is 21.5. The van der Waals surface area contributed by atoms with E-state index in [9.17, 15) is 19.7 Å². The number of ether oxygens (including phenoxy) is 2. The normalized spacial score (nSPS) is 23.3. The molecular weight excluding hydrogens is 576 g/mol. The number of benzene rings is 1. The third kappa shape index (κ3) is 5.29. The number of H-pyrrole nitrogens is 1. The minimum absolute atomic E-state index is 0.0709. The first-order valence-electron chi connectivity index (χ1n) is 12.3. The summed E-state index contributed by atoms with van der Waals surface area (Å²) in [6, 6.07) is 2.37. The number of anilines is 1. The van der Waals surface area contributed by atoms with E-state index in [-0.39, 0.29) is 59.6 Å². The topological polar surface area (TPSA) is 169 Å². The first-order valence-corrected chi connectivity index (χ1v) is 13.1. The lowest BCUT2D eigenvalue weighted by Crippen LogP contribution is -2.48. The van der Waals surface area contributed by atoms with E-state index >= 15 is 0 Å². The number of hydrogen-bond donors (Lipinski definition) is 2. The summed E-state index contributed by atoms with van der Waals surface area (Å²) >= 11 is 3.32. The fraction of sp³-hybridized carbons (Fsp3) is 0.458. The van der Waals surface area contributed by atoms with Crippen LogP contribution in [0.3, 0.4) is 0 Å². The summed E-state index contributed by atoms with van der Waals surface area (Å²) in [5.74, 6) is -0.682. The van der Waals surface area contributed by atoms with Gasteiger partial charge in [0.15, 0.2) is 0 Å². The van der Waals surface area contributed by atoms with Crippen molar-refractivity contribution >= 4 is 50.2 Å². The molecule has 4 atom stereocenters. The number of aromatic nitrogens is 4. The van der Waals surface area contributed by atoms with Gasteiger partial charge < -0.3 is 24.6 Å². The molecule has 0 unspecified atom stereocenters. The molecule has 15 heteroatoms. The Morgan fingerprint density at radius 1 is 1.10 bits per heavy atom. The molecule has 2 aliphatic rings. The molecule has 2 fully saturated rings. The monoisotopic (exact) mass is 602 g/mol. The van der Waals surface area contributed by atoms with Crippen LogP contribution in [0.1, 0.15) is 34.6 Å². The lowest BCUT2D eigenvalue weighted by atomic mass is 10.1. The molecule has 2 aliphatic heterocycles. The maximum Gasteiger partial charge on any atom is 0.294 e. The number of nitro benzene ring substituents is 1. The highest BCUT2D eigenvalue weighted by atomic mass is 79.9. The molecule has 0 radical (unpaired) electrons. The van der Waals surface area contributed by atoms with Crippen molar-refractivity contribution in [3.63, 3.8) is 0 Å². The lowest BCUT2D eigenvalue weighted by molar-refractivity contribution is -0.384. The summed E-state index contributed by atoms with van der Waals surface area (Å²) in [5, 5.41) is 25.8. The van der Waals surface area contributed by atoms with Gasteiger partial charge in [0.05, 0.1) is 46.6 Å². The zero-order chi connectivity index (χ0) is 27.8. The first-order chi connectivity index (χ1) is 18.7. The number of morpholine rings is 1. The Bertz CT molecular complexity index is 1420. The molecule has 0 bridgehead atoms. The lowest BCUT2D eigenvalue weighted by Gasteiger charge is -2.35. The number of halogens is 1. The molecule has 4 heterocycles. The molecule has 2 N–H and O–H groups in total. The molecule has 3 aromatic rings. The first kappa shape index (κ1) is 26.9. The maximum absolute atomic E-state index is 13.7. The van der Waals surface area contributed by atoms with Gasteiger partial charge >= 0.3 is 0 Å². The molecule has 2 saturated heterocycles. The average molecular weight is 603 g/mol. The standard InChI is InChI=1S/C24H27BrN8O6/c1-12-8-31(9-13(2)39-12)23(34)15-4-14(25)5-19(33(36)37)22(15)27-18-10-32(11-20(18)38-3)24(35)16-6-26-7-17-21(16)29-30-28-17/h4-7,12-13,18,20,27H,8-11H2,1-3H3,(H,28,29,30)/t12-,13+,18-,20-/m0/s1. The predicted octanol–water partition coefficient (Wildman–Crippen LogP) is 2.22. The maximum atomic E-state index is 13.7. The second-order valence-corrected chi connectivity index (χ2v) is 10.6. The zero-order valence-corrected chi connectivity index (χ0v) is 23.0.